The first-order chi connectivity index (χ1) is 3.38. The van der Waals surface area contributed by atoms with Gasteiger partial charge in [-0.3, -0.25) is 0 Å². The van der Waals surface area contributed by atoms with E-state index in [1.165, 1.54) is 0 Å². The van der Waals surface area contributed by atoms with Crippen molar-refractivity contribution in [1.82, 2.24) is 0 Å². The van der Waals surface area contributed by atoms with Gasteiger partial charge in [-0.05, 0) is 0 Å². The zero-order valence-electron chi connectivity index (χ0n) is 3.89. The standard InChI is InChI=1S/C5H6O2/c1-3-5-4(7-5)2-6-3/h4-5H,1-2H2. The Morgan fingerprint density at radius 2 is 2.57 bits per heavy atom. The summed E-state index contributed by atoms with van der Waals surface area (Å²) in [5.74, 6) is 0.810. The Kier molecular flexibility index (Phi) is 0.421. The molecule has 2 aliphatic rings. The summed E-state index contributed by atoms with van der Waals surface area (Å²) in [5.41, 5.74) is 0. The number of fused-ring (bicyclic) bond motifs is 1. The first-order valence-corrected chi connectivity index (χ1v) is 2.35. The van der Waals surface area contributed by atoms with Crippen LogP contribution in [0.5, 0.6) is 0 Å². The van der Waals surface area contributed by atoms with Gasteiger partial charge in [-0.1, -0.05) is 6.58 Å². The molecule has 2 fully saturated rings. The highest BCUT2D eigenvalue weighted by atomic mass is 16.7. The summed E-state index contributed by atoms with van der Waals surface area (Å²) in [6.45, 7) is 4.36. The molecule has 2 atom stereocenters. The van der Waals surface area contributed by atoms with Crippen molar-refractivity contribution >= 4 is 0 Å². The average Bonchev–Trinajstić information content (AvgIpc) is 2.33. The minimum Gasteiger partial charge on any atom is -0.493 e. The van der Waals surface area contributed by atoms with E-state index < -0.39 is 0 Å². The molecule has 2 heterocycles. The van der Waals surface area contributed by atoms with E-state index in [-0.39, 0.29) is 6.10 Å². The van der Waals surface area contributed by atoms with Gasteiger partial charge in [-0.15, -0.1) is 0 Å². The van der Waals surface area contributed by atoms with Crippen molar-refractivity contribution in [2.75, 3.05) is 6.61 Å². The molecule has 2 heteroatoms. The molecule has 0 aromatic heterocycles. The minimum absolute atomic E-state index is 0.264. The maximum Gasteiger partial charge on any atom is 0.144 e. The molecule has 2 rings (SSSR count). The van der Waals surface area contributed by atoms with E-state index in [1.54, 1.807) is 0 Å². The predicted molar refractivity (Wildman–Crippen MR) is 23.8 cm³/mol. The van der Waals surface area contributed by atoms with E-state index in [2.05, 4.69) is 6.58 Å². The first kappa shape index (κ1) is 3.50. The quantitative estimate of drug-likeness (QED) is 0.406. The lowest BCUT2D eigenvalue weighted by atomic mass is 10.3. The van der Waals surface area contributed by atoms with Crippen LogP contribution in [0.1, 0.15) is 0 Å². The molecule has 0 saturated carbocycles. The second kappa shape index (κ2) is 0.842. The molecule has 0 spiro atoms. The van der Waals surface area contributed by atoms with Crippen molar-refractivity contribution < 1.29 is 9.47 Å². The van der Waals surface area contributed by atoms with E-state index in [1.807, 2.05) is 0 Å². The highest BCUT2D eigenvalue weighted by Gasteiger charge is 2.48. The molecule has 2 nitrogen and oxygen atoms in total. The van der Waals surface area contributed by atoms with Crippen LogP contribution < -0.4 is 0 Å². The third kappa shape index (κ3) is 0.320. The number of ether oxygens (including phenoxy) is 2. The van der Waals surface area contributed by atoms with Crippen molar-refractivity contribution in [2.45, 2.75) is 12.2 Å². The summed E-state index contributed by atoms with van der Waals surface area (Å²) >= 11 is 0. The monoisotopic (exact) mass is 98.0 g/mol. The maximum absolute atomic E-state index is 5.04. The van der Waals surface area contributed by atoms with Gasteiger partial charge in [-0.25, -0.2) is 0 Å². The molecule has 0 radical (unpaired) electrons. The second-order valence-electron chi connectivity index (χ2n) is 1.87. The lowest BCUT2D eigenvalue weighted by molar-refractivity contribution is 0.158. The highest BCUT2D eigenvalue weighted by Crippen LogP contribution is 2.35. The molecule has 2 saturated heterocycles. The number of hydrogen-bond donors (Lipinski definition) is 0. The summed E-state index contributed by atoms with van der Waals surface area (Å²) in [4.78, 5) is 0. The maximum atomic E-state index is 5.04. The third-order valence-corrected chi connectivity index (χ3v) is 1.33. The van der Waals surface area contributed by atoms with Gasteiger partial charge < -0.3 is 9.47 Å². The molecule has 2 aliphatic heterocycles. The molecule has 0 N–H and O–H groups in total. The van der Waals surface area contributed by atoms with Crippen LogP contribution in [0.3, 0.4) is 0 Å². The van der Waals surface area contributed by atoms with Crippen LogP contribution in [0.15, 0.2) is 12.3 Å². The smallest absolute Gasteiger partial charge is 0.144 e. The second-order valence-corrected chi connectivity index (χ2v) is 1.87. The number of hydrogen-bond acceptors (Lipinski definition) is 2. The number of rotatable bonds is 0. The normalized spacial score (nSPS) is 45.4. The van der Waals surface area contributed by atoms with E-state index in [9.17, 15) is 0 Å². The highest BCUT2D eigenvalue weighted by molar-refractivity contribution is 5.11. The van der Waals surface area contributed by atoms with E-state index in [0.717, 1.165) is 12.4 Å². The largest absolute Gasteiger partial charge is 0.493 e. The molecule has 0 aliphatic carbocycles. The van der Waals surface area contributed by atoms with Gasteiger partial charge in [0, 0.05) is 0 Å². The van der Waals surface area contributed by atoms with Crippen molar-refractivity contribution in [3.63, 3.8) is 0 Å². The van der Waals surface area contributed by atoms with Crippen LogP contribution >= 0.6 is 0 Å². The van der Waals surface area contributed by atoms with Gasteiger partial charge in [0.1, 0.15) is 24.6 Å². The summed E-state index contributed by atoms with van der Waals surface area (Å²) < 4.78 is 10.0. The van der Waals surface area contributed by atoms with Crippen molar-refractivity contribution in [3.05, 3.63) is 12.3 Å². The van der Waals surface area contributed by atoms with E-state index in [4.69, 9.17) is 9.47 Å². The first-order valence-electron chi connectivity index (χ1n) is 2.35. The van der Waals surface area contributed by atoms with Gasteiger partial charge in [-0.2, -0.15) is 0 Å². The summed E-state index contributed by atoms with van der Waals surface area (Å²) in [6.07, 6.45) is 0.632. The van der Waals surface area contributed by atoms with Gasteiger partial charge >= 0.3 is 0 Å². The van der Waals surface area contributed by atoms with Crippen LogP contribution in [0.25, 0.3) is 0 Å². The molecular formula is C5H6O2. The fraction of sp³-hybridized carbons (Fsp3) is 0.600. The average molecular weight is 98.1 g/mol. The molecule has 0 aromatic rings. The Labute approximate surface area is 41.7 Å². The van der Waals surface area contributed by atoms with Crippen LogP contribution in [-0.4, -0.2) is 18.8 Å². The fourth-order valence-electron chi connectivity index (χ4n) is 0.824. The molecule has 0 amide bonds. The zero-order chi connectivity index (χ0) is 4.85. The third-order valence-electron chi connectivity index (χ3n) is 1.33. The van der Waals surface area contributed by atoms with E-state index >= 15 is 0 Å². The van der Waals surface area contributed by atoms with Crippen molar-refractivity contribution in [2.24, 2.45) is 0 Å². The number of epoxide rings is 1. The molecular weight excluding hydrogens is 92.1 g/mol. The lowest BCUT2D eigenvalue weighted by Crippen LogP contribution is -1.89. The Hall–Kier alpha value is -0.500. The molecule has 0 aromatic carbocycles. The topological polar surface area (TPSA) is 21.8 Å². The van der Waals surface area contributed by atoms with Gasteiger partial charge in [0.05, 0.1) is 0 Å². The minimum atomic E-state index is 0.264. The Morgan fingerprint density at radius 3 is 2.71 bits per heavy atom. The predicted octanol–water partition coefficient (Wildman–Crippen LogP) is 0.298. The SMILES string of the molecule is C=C1OCC2OC12. The lowest BCUT2D eigenvalue weighted by Gasteiger charge is -1.95. The van der Waals surface area contributed by atoms with Gasteiger partial charge in [0.15, 0.2) is 0 Å². The van der Waals surface area contributed by atoms with Crippen molar-refractivity contribution in [1.29, 1.82) is 0 Å². The van der Waals surface area contributed by atoms with Crippen LogP contribution in [0.4, 0.5) is 0 Å². The van der Waals surface area contributed by atoms with Crippen molar-refractivity contribution in [3.8, 4) is 0 Å². The Balaban J connectivity index is 2.21. The van der Waals surface area contributed by atoms with Crippen LogP contribution in [0, 0.1) is 0 Å². The molecule has 7 heavy (non-hydrogen) atoms. The molecule has 0 bridgehead atoms. The summed E-state index contributed by atoms with van der Waals surface area (Å²) in [5, 5.41) is 0. The Morgan fingerprint density at radius 1 is 1.71 bits per heavy atom. The molecule has 2 unspecified atom stereocenters. The fourth-order valence-corrected chi connectivity index (χ4v) is 0.824. The molecule has 38 valence electrons. The Bertz CT molecular complexity index is 119. The van der Waals surface area contributed by atoms with Crippen LogP contribution in [-0.2, 0) is 9.47 Å². The van der Waals surface area contributed by atoms with E-state index in [0.29, 0.717) is 6.10 Å². The van der Waals surface area contributed by atoms with Gasteiger partial charge in [0.25, 0.3) is 0 Å². The van der Waals surface area contributed by atoms with Gasteiger partial charge in [0.2, 0.25) is 0 Å². The zero-order valence-corrected chi connectivity index (χ0v) is 3.89. The summed E-state index contributed by atoms with van der Waals surface area (Å²) in [7, 11) is 0. The summed E-state index contributed by atoms with van der Waals surface area (Å²) in [6, 6.07) is 0. The van der Waals surface area contributed by atoms with Crippen LogP contribution in [0.2, 0.25) is 0 Å².